The standard InChI is InChI=1S/C23H22F3NO3/c1-13(2)30-23(29)22-14(3)27(12-15-8-9-16(24)10-20(15)26)21(28)11-18(22)17-6-4-5-7-19(17)25/h4-10,13,18H,11-12H2,1-3H3/t18-/m1/s1. The molecular formula is C23H22F3NO3. The molecule has 0 aromatic heterocycles. The van der Waals surface area contributed by atoms with Crippen LogP contribution < -0.4 is 0 Å². The van der Waals surface area contributed by atoms with Crippen LogP contribution in [0.3, 0.4) is 0 Å². The summed E-state index contributed by atoms with van der Waals surface area (Å²) in [4.78, 5) is 27.0. The Morgan fingerprint density at radius 1 is 1.13 bits per heavy atom. The predicted octanol–water partition coefficient (Wildman–Crippen LogP) is 4.85. The zero-order valence-electron chi connectivity index (χ0n) is 16.9. The second kappa shape index (κ2) is 8.73. The van der Waals surface area contributed by atoms with Crippen molar-refractivity contribution in [2.45, 2.75) is 45.8 Å². The molecule has 1 heterocycles. The Bertz CT molecular complexity index is 1020. The third-order valence-corrected chi connectivity index (χ3v) is 5.01. The minimum Gasteiger partial charge on any atom is -0.460 e. The van der Waals surface area contributed by atoms with Crippen LogP contribution in [-0.2, 0) is 20.9 Å². The number of carbonyl (C=O) groups excluding carboxylic acids is 2. The van der Waals surface area contributed by atoms with E-state index in [1.165, 1.54) is 29.2 Å². The van der Waals surface area contributed by atoms with Gasteiger partial charge in [-0.2, -0.15) is 0 Å². The molecule has 2 aromatic carbocycles. The molecule has 0 unspecified atom stereocenters. The fourth-order valence-corrected chi connectivity index (χ4v) is 3.59. The summed E-state index contributed by atoms with van der Waals surface area (Å²) in [6.07, 6.45) is -0.594. The Kier molecular flexibility index (Phi) is 6.29. The molecule has 0 saturated carbocycles. The molecule has 0 bridgehead atoms. The fourth-order valence-electron chi connectivity index (χ4n) is 3.59. The van der Waals surface area contributed by atoms with Gasteiger partial charge in [0.2, 0.25) is 5.91 Å². The Morgan fingerprint density at radius 2 is 1.83 bits per heavy atom. The van der Waals surface area contributed by atoms with Gasteiger partial charge in [0, 0.05) is 29.7 Å². The van der Waals surface area contributed by atoms with E-state index in [-0.39, 0.29) is 35.4 Å². The minimum atomic E-state index is -0.820. The van der Waals surface area contributed by atoms with Crippen LogP contribution >= 0.6 is 0 Å². The number of carbonyl (C=O) groups is 2. The van der Waals surface area contributed by atoms with Crippen LogP contribution in [0.25, 0.3) is 0 Å². The quantitative estimate of drug-likeness (QED) is 0.654. The lowest BCUT2D eigenvalue weighted by molar-refractivity contribution is -0.143. The highest BCUT2D eigenvalue weighted by Gasteiger charge is 2.38. The van der Waals surface area contributed by atoms with Crippen LogP contribution in [0.5, 0.6) is 0 Å². The minimum absolute atomic E-state index is 0.102. The summed E-state index contributed by atoms with van der Waals surface area (Å²) in [5, 5.41) is 0. The Labute approximate surface area is 173 Å². The molecule has 0 fully saturated rings. The zero-order chi connectivity index (χ0) is 22.0. The number of hydrogen-bond acceptors (Lipinski definition) is 3. The molecular weight excluding hydrogens is 395 g/mol. The zero-order valence-corrected chi connectivity index (χ0v) is 16.9. The van der Waals surface area contributed by atoms with E-state index in [0.29, 0.717) is 0 Å². The first kappa shape index (κ1) is 21.6. The normalized spacial score (nSPS) is 17.0. The molecule has 1 aliphatic heterocycles. The number of nitrogens with zero attached hydrogens (tertiary/aromatic N) is 1. The topological polar surface area (TPSA) is 46.6 Å². The average Bonchev–Trinajstić information content (AvgIpc) is 2.66. The fraction of sp³-hybridized carbons (Fsp3) is 0.304. The van der Waals surface area contributed by atoms with Crippen molar-refractivity contribution >= 4 is 11.9 Å². The predicted molar refractivity (Wildman–Crippen MR) is 105 cm³/mol. The van der Waals surface area contributed by atoms with Crippen molar-refractivity contribution in [1.29, 1.82) is 0 Å². The van der Waals surface area contributed by atoms with E-state index >= 15 is 0 Å². The monoisotopic (exact) mass is 417 g/mol. The molecule has 0 N–H and O–H groups in total. The van der Waals surface area contributed by atoms with E-state index in [1.54, 1.807) is 26.8 Å². The summed E-state index contributed by atoms with van der Waals surface area (Å²) in [5.74, 6) is -3.93. The number of amides is 1. The number of ether oxygens (including phenoxy) is 1. The van der Waals surface area contributed by atoms with Gasteiger partial charge in [0.1, 0.15) is 17.5 Å². The van der Waals surface area contributed by atoms with Gasteiger partial charge in [-0.1, -0.05) is 24.3 Å². The van der Waals surface area contributed by atoms with E-state index in [9.17, 15) is 22.8 Å². The SMILES string of the molecule is CC1=C(C(=O)OC(C)C)[C@@H](c2ccccc2F)CC(=O)N1Cc1ccc(F)cc1F. The molecule has 1 amide bonds. The van der Waals surface area contributed by atoms with Gasteiger partial charge >= 0.3 is 5.97 Å². The van der Waals surface area contributed by atoms with Crippen LogP contribution in [0.1, 0.15) is 44.2 Å². The van der Waals surface area contributed by atoms with Gasteiger partial charge in [-0.05, 0) is 38.5 Å². The maximum Gasteiger partial charge on any atom is 0.336 e. The third kappa shape index (κ3) is 4.40. The van der Waals surface area contributed by atoms with Crippen molar-refractivity contribution in [1.82, 2.24) is 4.90 Å². The van der Waals surface area contributed by atoms with Gasteiger partial charge in [0.15, 0.2) is 0 Å². The van der Waals surface area contributed by atoms with Crippen molar-refractivity contribution in [3.8, 4) is 0 Å². The first-order valence-corrected chi connectivity index (χ1v) is 9.59. The molecule has 158 valence electrons. The lowest BCUT2D eigenvalue weighted by Crippen LogP contribution is -2.38. The number of hydrogen-bond donors (Lipinski definition) is 0. The smallest absolute Gasteiger partial charge is 0.336 e. The van der Waals surface area contributed by atoms with Crippen LogP contribution in [0.2, 0.25) is 0 Å². The molecule has 0 saturated heterocycles. The van der Waals surface area contributed by atoms with Crippen LogP contribution in [0, 0.1) is 17.5 Å². The van der Waals surface area contributed by atoms with E-state index in [4.69, 9.17) is 4.74 Å². The summed E-state index contributed by atoms with van der Waals surface area (Å²) in [6, 6.07) is 9.03. The van der Waals surface area contributed by atoms with E-state index in [0.717, 1.165) is 12.1 Å². The Morgan fingerprint density at radius 3 is 2.47 bits per heavy atom. The third-order valence-electron chi connectivity index (χ3n) is 5.01. The largest absolute Gasteiger partial charge is 0.460 e. The molecule has 7 heteroatoms. The van der Waals surface area contributed by atoms with E-state index in [2.05, 4.69) is 0 Å². The number of halogens is 3. The van der Waals surface area contributed by atoms with Gasteiger partial charge in [-0.15, -0.1) is 0 Å². The van der Waals surface area contributed by atoms with Crippen molar-refractivity contribution in [2.75, 3.05) is 0 Å². The second-order valence-electron chi connectivity index (χ2n) is 7.45. The van der Waals surface area contributed by atoms with Crippen LogP contribution in [-0.4, -0.2) is 22.9 Å². The maximum atomic E-state index is 14.5. The summed E-state index contributed by atoms with van der Waals surface area (Å²) in [6.45, 7) is 4.74. The highest BCUT2D eigenvalue weighted by Crippen LogP contribution is 2.39. The molecule has 0 radical (unpaired) electrons. The number of benzene rings is 2. The molecule has 1 aliphatic rings. The number of allylic oxidation sites excluding steroid dienone is 1. The van der Waals surface area contributed by atoms with Crippen molar-refractivity contribution in [2.24, 2.45) is 0 Å². The average molecular weight is 417 g/mol. The molecule has 1 atom stereocenters. The second-order valence-corrected chi connectivity index (χ2v) is 7.45. The van der Waals surface area contributed by atoms with Crippen molar-refractivity contribution < 1.29 is 27.5 Å². The van der Waals surface area contributed by atoms with Gasteiger partial charge in [-0.3, -0.25) is 4.79 Å². The summed E-state index contributed by atoms with van der Waals surface area (Å²) >= 11 is 0. The lowest BCUT2D eigenvalue weighted by Gasteiger charge is -2.35. The molecule has 4 nitrogen and oxygen atoms in total. The van der Waals surface area contributed by atoms with E-state index in [1.807, 2.05) is 0 Å². The van der Waals surface area contributed by atoms with Gasteiger partial charge in [0.25, 0.3) is 0 Å². The summed E-state index contributed by atoms with van der Waals surface area (Å²) in [5.41, 5.74) is 0.725. The first-order valence-electron chi connectivity index (χ1n) is 9.59. The number of esters is 1. The highest BCUT2D eigenvalue weighted by molar-refractivity contribution is 5.96. The molecule has 2 aromatic rings. The molecule has 30 heavy (non-hydrogen) atoms. The van der Waals surface area contributed by atoms with Crippen LogP contribution in [0.4, 0.5) is 13.2 Å². The lowest BCUT2D eigenvalue weighted by atomic mass is 9.83. The highest BCUT2D eigenvalue weighted by atomic mass is 19.1. The van der Waals surface area contributed by atoms with Gasteiger partial charge in [-0.25, -0.2) is 18.0 Å². The first-order chi connectivity index (χ1) is 14.2. The van der Waals surface area contributed by atoms with Gasteiger partial charge in [0.05, 0.1) is 18.2 Å². The maximum absolute atomic E-state index is 14.5. The number of rotatable bonds is 5. The Balaban J connectivity index is 2.07. The Hall–Kier alpha value is -3.09. The summed E-state index contributed by atoms with van der Waals surface area (Å²) in [7, 11) is 0. The van der Waals surface area contributed by atoms with Crippen molar-refractivity contribution in [3.05, 3.63) is 82.3 Å². The van der Waals surface area contributed by atoms with Crippen LogP contribution in [0.15, 0.2) is 53.7 Å². The van der Waals surface area contributed by atoms with Gasteiger partial charge < -0.3 is 9.64 Å². The molecule has 0 aliphatic carbocycles. The molecule has 3 rings (SSSR count). The summed E-state index contributed by atoms with van der Waals surface area (Å²) < 4.78 is 47.2. The van der Waals surface area contributed by atoms with E-state index < -0.39 is 41.4 Å². The van der Waals surface area contributed by atoms with Crippen molar-refractivity contribution in [3.63, 3.8) is 0 Å². The molecule has 0 spiro atoms.